The molecule has 3 rings (SSSR count). The summed E-state index contributed by atoms with van der Waals surface area (Å²) in [6.07, 6.45) is 7.08. The van der Waals surface area contributed by atoms with E-state index in [2.05, 4.69) is 10.1 Å². The molecule has 0 saturated heterocycles. The summed E-state index contributed by atoms with van der Waals surface area (Å²) >= 11 is 0. The van der Waals surface area contributed by atoms with Gasteiger partial charge in [-0.1, -0.05) is 6.07 Å². The van der Waals surface area contributed by atoms with E-state index in [1.165, 1.54) is 0 Å². The Morgan fingerprint density at radius 3 is 3.00 bits per heavy atom. The van der Waals surface area contributed by atoms with Crippen LogP contribution in [0.4, 0.5) is 0 Å². The third-order valence-electron chi connectivity index (χ3n) is 3.11. The van der Waals surface area contributed by atoms with Crippen molar-refractivity contribution in [3.05, 3.63) is 54.4 Å². The highest BCUT2D eigenvalue weighted by Crippen LogP contribution is 2.21. The van der Waals surface area contributed by atoms with Gasteiger partial charge in [0, 0.05) is 37.6 Å². The first kappa shape index (κ1) is 11.0. The Balaban J connectivity index is 1.93. The zero-order valence-electron chi connectivity index (χ0n) is 10.1. The number of aliphatic hydroxyl groups is 1. The first-order valence-electron chi connectivity index (χ1n) is 5.82. The molecule has 3 aromatic heterocycles. The Hall–Kier alpha value is -2.14. The van der Waals surface area contributed by atoms with Gasteiger partial charge in [-0.3, -0.25) is 0 Å². The molecule has 92 valence electrons. The van der Waals surface area contributed by atoms with Gasteiger partial charge in [-0.15, -0.1) is 0 Å². The Morgan fingerprint density at radius 1 is 1.33 bits per heavy atom. The van der Waals surface area contributed by atoms with Crippen molar-refractivity contribution in [3.8, 4) is 0 Å². The van der Waals surface area contributed by atoms with Crippen molar-refractivity contribution in [2.45, 2.75) is 12.5 Å². The molecule has 18 heavy (non-hydrogen) atoms. The highest BCUT2D eigenvalue weighted by atomic mass is 16.3. The van der Waals surface area contributed by atoms with E-state index in [1.807, 2.05) is 42.2 Å². The first-order chi connectivity index (χ1) is 8.75. The minimum atomic E-state index is -0.592. The van der Waals surface area contributed by atoms with Gasteiger partial charge >= 0.3 is 0 Å². The standard InChI is InChI=1S/C13H14N4O/c1-16-7-5-14-13(16)8-12(18)10-9-15-17-6-3-2-4-11(10)17/h2-7,9,12,18H,8H2,1H3. The van der Waals surface area contributed by atoms with E-state index >= 15 is 0 Å². The van der Waals surface area contributed by atoms with Crippen molar-refractivity contribution >= 4 is 5.52 Å². The van der Waals surface area contributed by atoms with Crippen LogP contribution in [-0.4, -0.2) is 24.3 Å². The lowest BCUT2D eigenvalue weighted by molar-refractivity contribution is 0.176. The van der Waals surface area contributed by atoms with Crippen molar-refractivity contribution in [3.63, 3.8) is 0 Å². The molecule has 0 aliphatic carbocycles. The van der Waals surface area contributed by atoms with Gasteiger partial charge in [0.15, 0.2) is 0 Å². The van der Waals surface area contributed by atoms with E-state index < -0.39 is 6.10 Å². The monoisotopic (exact) mass is 242 g/mol. The third-order valence-corrected chi connectivity index (χ3v) is 3.11. The Kier molecular flexibility index (Phi) is 2.60. The van der Waals surface area contributed by atoms with Gasteiger partial charge in [-0.2, -0.15) is 5.10 Å². The SMILES string of the molecule is Cn1ccnc1CC(O)c1cnn2ccccc12. The molecular formula is C13H14N4O. The lowest BCUT2D eigenvalue weighted by Gasteiger charge is -2.09. The van der Waals surface area contributed by atoms with Crippen LogP contribution in [0.1, 0.15) is 17.5 Å². The highest BCUT2D eigenvalue weighted by molar-refractivity contribution is 5.54. The number of rotatable bonds is 3. The number of hydrogen-bond acceptors (Lipinski definition) is 3. The van der Waals surface area contributed by atoms with Crippen LogP contribution in [0.25, 0.3) is 5.52 Å². The number of pyridine rings is 1. The zero-order valence-corrected chi connectivity index (χ0v) is 10.1. The molecule has 1 N–H and O–H groups in total. The van der Waals surface area contributed by atoms with Gasteiger partial charge in [0.1, 0.15) is 5.82 Å². The molecule has 0 bridgehead atoms. The van der Waals surface area contributed by atoms with Gasteiger partial charge in [-0.05, 0) is 12.1 Å². The minimum Gasteiger partial charge on any atom is -0.388 e. The highest BCUT2D eigenvalue weighted by Gasteiger charge is 2.15. The van der Waals surface area contributed by atoms with Gasteiger partial charge in [-0.25, -0.2) is 9.50 Å². The second-order valence-corrected chi connectivity index (χ2v) is 4.30. The summed E-state index contributed by atoms with van der Waals surface area (Å²) in [4.78, 5) is 4.22. The van der Waals surface area contributed by atoms with Crippen molar-refractivity contribution in [1.29, 1.82) is 0 Å². The van der Waals surface area contributed by atoms with Crippen molar-refractivity contribution in [1.82, 2.24) is 19.2 Å². The predicted octanol–water partition coefficient (Wildman–Crippen LogP) is 1.34. The maximum absolute atomic E-state index is 10.3. The fourth-order valence-corrected chi connectivity index (χ4v) is 2.09. The predicted molar refractivity (Wildman–Crippen MR) is 67.1 cm³/mol. The summed E-state index contributed by atoms with van der Waals surface area (Å²) in [5, 5.41) is 14.5. The molecule has 0 aliphatic rings. The smallest absolute Gasteiger partial charge is 0.111 e. The van der Waals surface area contributed by atoms with E-state index in [4.69, 9.17) is 0 Å². The largest absolute Gasteiger partial charge is 0.388 e. The van der Waals surface area contributed by atoms with E-state index in [0.29, 0.717) is 6.42 Å². The summed E-state index contributed by atoms with van der Waals surface area (Å²) < 4.78 is 3.67. The third kappa shape index (κ3) is 1.78. The van der Waals surface area contributed by atoms with Gasteiger partial charge < -0.3 is 9.67 Å². The molecule has 0 radical (unpaired) electrons. The normalized spacial score (nSPS) is 13.0. The maximum atomic E-state index is 10.3. The first-order valence-corrected chi connectivity index (χ1v) is 5.82. The molecule has 0 saturated carbocycles. The van der Waals surface area contributed by atoms with Crippen LogP contribution in [0.5, 0.6) is 0 Å². The number of imidazole rings is 1. The van der Waals surface area contributed by atoms with Crippen LogP contribution in [0.15, 0.2) is 43.0 Å². The summed E-state index contributed by atoms with van der Waals surface area (Å²) in [6.45, 7) is 0. The summed E-state index contributed by atoms with van der Waals surface area (Å²) in [7, 11) is 1.92. The second kappa shape index (κ2) is 4.27. The molecule has 1 atom stereocenters. The summed E-state index contributed by atoms with van der Waals surface area (Å²) in [6, 6.07) is 5.80. The molecule has 3 aromatic rings. The summed E-state index contributed by atoms with van der Waals surface area (Å²) in [5.74, 6) is 0.859. The molecule has 0 aliphatic heterocycles. The van der Waals surface area contributed by atoms with Crippen LogP contribution in [-0.2, 0) is 13.5 Å². The van der Waals surface area contributed by atoms with E-state index in [9.17, 15) is 5.11 Å². The Labute approximate surface area is 104 Å². The quantitative estimate of drug-likeness (QED) is 0.754. The van der Waals surface area contributed by atoms with Crippen molar-refractivity contribution in [2.24, 2.45) is 7.05 Å². The molecule has 0 fully saturated rings. The number of nitrogens with zero attached hydrogens (tertiary/aromatic N) is 4. The molecule has 3 heterocycles. The fourth-order valence-electron chi connectivity index (χ4n) is 2.09. The molecule has 0 aromatic carbocycles. The van der Waals surface area contributed by atoms with Gasteiger partial charge in [0.05, 0.1) is 17.8 Å². The average Bonchev–Trinajstić information content (AvgIpc) is 2.96. The fraction of sp³-hybridized carbons (Fsp3) is 0.231. The van der Waals surface area contributed by atoms with Crippen LogP contribution < -0.4 is 0 Å². The van der Waals surface area contributed by atoms with Gasteiger partial charge in [0.25, 0.3) is 0 Å². The average molecular weight is 242 g/mol. The Bertz CT molecular complexity index is 670. The van der Waals surface area contributed by atoms with E-state index in [0.717, 1.165) is 16.9 Å². The summed E-state index contributed by atoms with van der Waals surface area (Å²) in [5.41, 5.74) is 1.76. The van der Waals surface area contributed by atoms with Crippen molar-refractivity contribution < 1.29 is 5.11 Å². The molecule has 5 heteroatoms. The maximum Gasteiger partial charge on any atom is 0.111 e. The number of aromatic nitrogens is 4. The van der Waals surface area contributed by atoms with E-state index in [-0.39, 0.29) is 0 Å². The zero-order chi connectivity index (χ0) is 12.5. The molecule has 1 unspecified atom stereocenters. The number of hydrogen-bond donors (Lipinski definition) is 1. The lowest BCUT2D eigenvalue weighted by Crippen LogP contribution is -2.06. The molecular weight excluding hydrogens is 228 g/mol. The number of aryl methyl sites for hydroxylation is 1. The van der Waals surface area contributed by atoms with Gasteiger partial charge in [0.2, 0.25) is 0 Å². The lowest BCUT2D eigenvalue weighted by atomic mass is 10.1. The number of fused-ring (bicyclic) bond motifs is 1. The van der Waals surface area contributed by atoms with Crippen LogP contribution >= 0.6 is 0 Å². The Morgan fingerprint density at radius 2 is 2.22 bits per heavy atom. The molecule has 5 nitrogen and oxygen atoms in total. The van der Waals surface area contributed by atoms with E-state index in [1.54, 1.807) is 16.9 Å². The second-order valence-electron chi connectivity index (χ2n) is 4.30. The molecule has 0 amide bonds. The van der Waals surface area contributed by atoms with Crippen LogP contribution in [0.2, 0.25) is 0 Å². The van der Waals surface area contributed by atoms with Crippen LogP contribution in [0, 0.1) is 0 Å². The topological polar surface area (TPSA) is 55.3 Å². The minimum absolute atomic E-state index is 0.486. The molecule has 0 spiro atoms. The van der Waals surface area contributed by atoms with Crippen molar-refractivity contribution in [2.75, 3.05) is 0 Å². The van der Waals surface area contributed by atoms with Crippen LogP contribution in [0.3, 0.4) is 0 Å². The number of aliphatic hydroxyl groups excluding tert-OH is 1.